The molecule has 0 aromatic heterocycles. The number of halogens is 1. The van der Waals surface area contributed by atoms with E-state index in [0.29, 0.717) is 38.5 Å². The zero-order valence-electron chi connectivity index (χ0n) is 18.5. The first-order valence-electron chi connectivity index (χ1n) is 10.4. The first kappa shape index (κ1) is 23.2. The van der Waals surface area contributed by atoms with Gasteiger partial charge in [-0.15, -0.1) is 10.2 Å². The van der Waals surface area contributed by atoms with Crippen LogP contribution in [0.3, 0.4) is 0 Å². The first-order chi connectivity index (χ1) is 16.4. The van der Waals surface area contributed by atoms with Crippen molar-refractivity contribution in [2.45, 2.75) is 13.5 Å². The maximum Gasteiger partial charge on any atom is 0.256 e. The number of anilines is 1. The number of nitrogens with one attached hydrogen (secondary N) is 1. The van der Waals surface area contributed by atoms with Gasteiger partial charge in [-0.3, -0.25) is 4.79 Å². The average Bonchev–Trinajstić information content (AvgIpc) is 2.84. The predicted octanol–water partition coefficient (Wildman–Crippen LogP) is 6.68. The number of ether oxygens (including phenoxy) is 1. The van der Waals surface area contributed by atoms with Crippen molar-refractivity contribution in [1.82, 2.24) is 0 Å². The molecule has 4 aromatic carbocycles. The van der Waals surface area contributed by atoms with Crippen LogP contribution in [0.5, 0.6) is 11.5 Å². The normalized spacial score (nSPS) is 11.2. The molecule has 0 bridgehead atoms. The molecule has 0 saturated heterocycles. The number of fused-ring (bicyclic) bond motifs is 1. The van der Waals surface area contributed by atoms with Gasteiger partial charge in [0.15, 0.2) is 0 Å². The molecule has 4 rings (SSSR count). The predicted molar refractivity (Wildman–Crippen MR) is 133 cm³/mol. The van der Waals surface area contributed by atoms with Crippen molar-refractivity contribution in [2.75, 3.05) is 12.4 Å². The molecule has 1 amide bonds. The van der Waals surface area contributed by atoms with Crippen molar-refractivity contribution < 1.29 is 19.7 Å². The minimum absolute atomic E-state index is 0.197. The molecule has 8 heteroatoms. The van der Waals surface area contributed by atoms with Crippen LogP contribution in [0.1, 0.15) is 21.5 Å². The van der Waals surface area contributed by atoms with Crippen LogP contribution in [0.2, 0.25) is 5.02 Å². The van der Waals surface area contributed by atoms with Crippen LogP contribution < -0.4 is 10.1 Å². The molecule has 0 aliphatic rings. The van der Waals surface area contributed by atoms with E-state index in [9.17, 15) is 15.0 Å². The second kappa shape index (κ2) is 9.91. The number of carbonyl (C=O) groups excluding carboxylic acids is 1. The fourth-order valence-corrected chi connectivity index (χ4v) is 3.82. The van der Waals surface area contributed by atoms with E-state index in [2.05, 4.69) is 15.5 Å². The maximum absolute atomic E-state index is 13.1. The van der Waals surface area contributed by atoms with Crippen LogP contribution in [0.25, 0.3) is 10.8 Å². The number of hydrogen-bond donors (Lipinski definition) is 3. The number of phenolic OH excluding ortho intramolecular Hbond substituents is 1. The summed E-state index contributed by atoms with van der Waals surface area (Å²) in [6.07, 6.45) is 0. The van der Waals surface area contributed by atoms with Gasteiger partial charge < -0.3 is 20.3 Å². The van der Waals surface area contributed by atoms with Gasteiger partial charge in [0.05, 0.1) is 19.3 Å². The van der Waals surface area contributed by atoms with E-state index in [-0.39, 0.29) is 23.6 Å². The van der Waals surface area contributed by atoms with Crippen LogP contribution in [0.15, 0.2) is 77.0 Å². The molecule has 34 heavy (non-hydrogen) atoms. The third kappa shape index (κ3) is 4.71. The number of amides is 1. The van der Waals surface area contributed by atoms with E-state index in [1.165, 1.54) is 6.07 Å². The van der Waals surface area contributed by atoms with Crippen molar-refractivity contribution in [3.05, 3.63) is 88.4 Å². The molecule has 0 radical (unpaired) electrons. The third-order valence-electron chi connectivity index (χ3n) is 5.32. The van der Waals surface area contributed by atoms with E-state index < -0.39 is 5.91 Å². The topological polar surface area (TPSA) is 104 Å². The van der Waals surface area contributed by atoms with Gasteiger partial charge in [-0.2, -0.15) is 0 Å². The summed E-state index contributed by atoms with van der Waals surface area (Å²) in [4.78, 5) is 13.1. The average molecular weight is 476 g/mol. The highest BCUT2D eigenvalue weighted by Crippen LogP contribution is 2.40. The summed E-state index contributed by atoms with van der Waals surface area (Å²) in [5, 5.41) is 33.3. The fraction of sp³-hybridized carbons (Fsp3) is 0.115. The van der Waals surface area contributed by atoms with Gasteiger partial charge in [-0.1, -0.05) is 41.9 Å². The molecule has 0 saturated carbocycles. The van der Waals surface area contributed by atoms with Gasteiger partial charge in [0.25, 0.3) is 5.91 Å². The van der Waals surface area contributed by atoms with Crippen molar-refractivity contribution in [2.24, 2.45) is 10.2 Å². The van der Waals surface area contributed by atoms with Crippen LogP contribution in [-0.4, -0.2) is 23.2 Å². The zero-order chi connectivity index (χ0) is 24.2. The van der Waals surface area contributed by atoms with E-state index in [4.69, 9.17) is 16.3 Å². The molecule has 4 aromatic rings. The Kier molecular flexibility index (Phi) is 6.77. The summed E-state index contributed by atoms with van der Waals surface area (Å²) in [6.45, 7) is 1.64. The quantitative estimate of drug-likeness (QED) is 0.271. The minimum Gasteiger partial charge on any atom is -0.506 e. The molecule has 0 spiro atoms. The number of hydrogen-bond acceptors (Lipinski definition) is 6. The summed E-state index contributed by atoms with van der Waals surface area (Å²) < 4.78 is 5.34. The highest BCUT2D eigenvalue weighted by molar-refractivity contribution is 6.30. The molecular weight excluding hydrogens is 454 g/mol. The van der Waals surface area contributed by atoms with Gasteiger partial charge in [-0.25, -0.2) is 0 Å². The fourth-order valence-electron chi connectivity index (χ4n) is 3.62. The number of aliphatic hydroxyl groups is 1. The second-order valence-corrected chi connectivity index (χ2v) is 8.06. The Bertz CT molecular complexity index is 1420. The summed E-state index contributed by atoms with van der Waals surface area (Å²) in [5.41, 5.74) is 2.90. The van der Waals surface area contributed by atoms with E-state index in [1.54, 1.807) is 55.6 Å². The minimum atomic E-state index is -0.452. The summed E-state index contributed by atoms with van der Waals surface area (Å²) in [6, 6.07) is 18.8. The van der Waals surface area contributed by atoms with E-state index in [1.807, 2.05) is 19.1 Å². The Balaban J connectivity index is 1.76. The lowest BCUT2D eigenvalue weighted by Crippen LogP contribution is -2.14. The van der Waals surface area contributed by atoms with Gasteiger partial charge in [0.1, 0.15) is 22.9 Å². The third-order valence-corrected chi connectivity index (χ3v) is 5.55. The van der Waals surface area contributed by atoms with Crippen molar-refractivity contribution in [3.63, 3.8) is 0 Å². The Hall–Kier alpha value is -3.94. The Morgan fingerprint density at radius 3 is 2.53 bits per heavy atom. The molecule has 0 fully saturated rings. The van der Waals surface area contributed by atoms with E-state index in [0.717, 1.165) is 5.56 Å². The number of aryl methyl sites for hydroxylation is 1. The molecule has 0 heterocycles. The number of rotatable bonds is 6. The highest BCUT2D eigenvalue weighted by atomic mass is 35.5. The molecule has 0 aliphatic carbocycles. The van der Waals surface area contributed by atoms with Gasteiger partial charge in [0, 0.05) is 21.7 Å². The number of aromatic hydroxyl groups is 1. The molecule has 0 atom stereocenters. The summed E-state index contributed by atoms with van der Waals surface area (Å²) in [5.74, 6) is -0.0955. The largest absolute Gasteiger partial charge is 0.506 e. The lowest BCUT2D eigenvalue weighted by atomic mass is 10.0. The first-order valence-corrected chi connectivity index (χ1v) is 10.8. The van der Waals surface area contributed by atoms with Gasteiger partial charge >= 0.3 is 0 Å². The maximum atomic E-state index is 13.1. The Labute approximate surface area is 201 Å². The van der Waals surface area contributed by atoms with Crippen LogP contribution in [0.4, 0.5) is 17.1 Å². The standard InChI is InChI=1S/C26H22ClN3O4/c1-15-7-10-24(34-2)22(11-15)29-30-25-19-6-4-3-5-18(19)20(13-23(25)32)26(33)28-21-9-8-17(27)12-16(21)14-31/h3-13,31-32H,14H2,1-2H3,(H,28,33). The lowest BCUT2D eigenvalue weighted by Gasteiger charge is -2.13. The van der Waals surface area contributed by atoms with Crippen LogP contribution >= 0.6 is 11.6 Å². The van der Waals surface area contributed by atoms with E-state index >= 15 is 0 Å². The monoisotopic (exact) mass is 475 g/mol. The molecule has 172 valence electrons. The van der Waals surface area contributed by atoms with Crippen LogP contribution in [0, 0.1) is 6.92 Å². The zero-order valence-corrected chi connectivity index (χ0v) is 19.3. The van der Waals surface area contributed by atoms with Gasteiger partial charge in [0.2, 0.25) is 0 Å². The molecule has 0 unspecified atom stereocenters. The van der Waals surface area contributed by atoms with Crippen molar-refractivity contribution in [1.29, 1.82) is 0 Å². The lowest BCUT2D eigenvalue weighted by molar-refractivity contribution is 0.102. The Morgan fingerprint density at radius 1 is 1.03 bits per heavy atom. The summed E-state index contributed by atoms with van der Waals surface area (Å²) >= 11 is 5.98. The summed E-state index contributed by atoms with van der Waals surface area (Å²) in [7, 11) is 1.55. The molecule has 0 aliphatic heterocycles. The number of nitrogens with zero attached hydrogens (tertiary/aromatic N) is 2. The van der Waals surface area contributed by atoms with Crippen molar-refractivity contribution >= 4 is 45.3 Å². The number of benzene rings is 4. The molecule has 7 nitrogen and oxygen atoms in total. The SMILES string of the molecule is COc1ccc(C)cc1N=Nc1c(O)cc(C(=O)Nc2ccc(Cl)cc2CO)c2ccccc12. The number of carbonyl (C=O) groups is 1. The number of azo groups is 1. The molecular formula is C26H22ClN3O4. The smallest absolute Gasteiger partial charge is 0.256 e. The molecule has 3 N–H and O–H groups in total. The second-order valence-electron chi connectivity index (χ2n) is 7.63. The van der Waals surface area contributed by atoms with Crippen molar-refractivity contribution in [3.8, 4) is 11.5 Å². The number of aliphatic hydroxyl groups excluding tert-OH is 1. The highest BCUT2D eigenvalue weighted by Gasteiger charge is 2.18. The number of methoxy groups -OCH3 is 1. The Morgan fingerprint density at radius 2 is 1.79 bits per heavy atom. The van der Waals surface area contributed by atoms with Gasteiger partial charge in [-0.05, 0) is 54.3 Å². The number of phenols is 1. The van der Waals surface area contributed by atoms with Crippen LogP contribution in [-0.2, 0) is 6.61 Å².